The summed E-state index contributed by atoms with van der Waals surface area (Å²) >= 11 is 0. The maximum Gasteiger partial charge on any atom is 0.410 e. The molecule has 0 N–H and O–H groups in total. The quantitative estimate of drug-likeness (QED) is 0.822. The number of rotatable bonds is 3. The third-order valence-electron chi connectivity index (χ3n) is 5.20. The molecule has 0 bridgehead atoms. The number of amides is 1. The molecule has 1 aromatic heterocycles. The molecule has 27 heavy (non-hydrogen) atoms. The number of fused-ring (bicyclic) bond motifs is 1. The molecule has 1 saturated carbocycles. The van der Waals surface area contributed by atoms with E-state index in [0.29, 0.717) is 6.54 Å². The lowest BCUT2D eigenvalue weighted by Gasteiger charge is -2.26. The minimum Gasteiger partial charge on any atom is -0.444 e. The second-order valence-corrected chi connectivity index (χ2v) is 8.76. The van der Waals surface area contributed by atoms with Gasteiger partial charge in [0, 0.05) is 32.7 Å². The molecule has 0 unspecified atom stereocenters. The van der Waals surface area contributed by atoms with Gasteiger partial charge in [0.15, 0.2) is 0 Å². The predicted molar refractivity (Wildman–Crippen MR) is 107 cm³/mol. The molecule has 2 heterocycles. The molecule has 1 aliphatic heterocycles. The van der Waals surface area contributed by atoms with Crippen molar-refractivity contribution in [2.45, 2.75) is 52.2 Å². The van der Waals surface area contributed by atoms with Gasteiger partial charge in [-0.1, -0.05) is 12.1 Å². The molecule has 1 aromatic carbocycles. The fourth-order valence-corrected chi connectivity index (χ4v) is 3.67. The smallest absolute Gasteiger partial charge is 0.410 e. The van der Waals surface area contributed by atoms with Crippen molar-refractivity contribution >= 4 is 23.1 Å². The number of hydrogen-bond donors (Lipinski definition) is 0. The number of imidazole rings is 1. The molecule has 1 saturated heterocycles. The van der Waals surface area contributed by atoms with Crippen molar-refractivity contribution in [2.75, 3.05) is 31.1 Å². The number of aromatic nitrogens is 2. The van der Waals surface area contributed by atoms with Crippen molar-refractivity contribution in [1.29, 1.82) is 0 Å². The summed E-state index contributed by atoms with van der Waals surface area (Å²) in [6.07, 6.45) is 3.35. The third-order valence-corrected chi connectivity index (χ3v) is 5.20. The zero-order valence-corrected chi connectivity index (χ0v) is 16.6. The molecule has 1 aliphatic carbocycles. The average molecular weight is 370 g/mol. The molecule has 1 amide bonds. The van der Waals surface area contributed by atoms with Gasteiger partial charge in [-0.15, -0.1) is 0 Å². The van der Waals surface area contributed by atoms with Gasteiger partial charge < -0.3 is 19.1 Å². The summed E-state index contributed by atoms with van der Waals surface area (Å²) in [7, 11) is 0. The van der Waals surface area contributed by atoms with E-state index in [9.17, 15) is 4.79 Å². The SMILES string of the molecule is CC(C)(C)OC(=O)N1CCCN(c2nc3ccccc3n2CC2CC2)CC1. The molecular formula is C21H30N4O2. The number of para-hydroxylation sites is 2. The van der Waals surface area contributed by atoms with Crippen LogP contribution in [0, 0.1) is 5.92 Å². The van der Waals surface area contributed by atoms with Crippen LogP contribution in [0.5, 0.6) is 0 Å². The first kappa shape index (κ1) is 18.1. The molecule has 0 atom stereocenters. The van der Waals surface area contributed by atoms with E-state index < -0.39 is 5.60 Å². The van der Waals surface area contributed by atoms with Crippen LogP contribution in [0.4, 0.5) is 10.7 Å². The lowest BCUT2D eigenvalue weighted by Crippen LogP contribution is -2.39. The molecule has 6 heteroatoms. The number of ether oxygens (including phenoxy) is 1. The minimum absolute atomic E-state index is 0.212. The number of hydrogen-bond acceptors (Lipinski definition) is 4. The van der Waals surface area contributed by atoms with Crippen molar-refractivity contribution in [3.05, 3.63) is 24.3 Å². The Hall–Kier alpha value is -2.24. The van der Waals surface area contributed by atoms with Crippen molar-refractivity contribution in [3.8, 4) is 0 Å². The Morgan fingerprint density at radius 1 is 1.15 bits per heavy atom. The van der Waals surface area contributed by atoms with E-state index in [0.717, 1.165) is 50.0 Å². The molecule has 2 fully saturated rings. The molecule has 0 radical (unpaired) electrons. The van der Waals surface area contributed by atoms with Gasteiger partial charge in [0.1, 0.15) is 5.60 Å². The average Bonchev–Trinajstić information content (AvgIpc) is 3.38. The standard InChI is InChI=1S/C21H30N4O2/c1-21(2,3)27-20(26)24-12-6-11-23(13-14-24)19-22-17-7-4-5-8-18(17)25(19)15-16-9-10-16/h4-5,7-8,16H,6,9-15H2,1-3H3. The van der Waals surface area contributed by atoms with E-state index >= 15 is 0 Å². The van der Waals surface area contributed by atoms with Crippen LogP contribution < -0.4 is 4.90 Å². The third kappa shape index (κ3) is 4.20. The molecule has 2 aliphatic rings. The second-order valence-electron chi connectivity index (χ2n) is 8.76. The Kier molecular flexibility index (Phi) is 4.74. The first-order valence-electron chi connectivity index (χ1n) is 10.1. The summed E-state index contributed by atoms with van der Waals surface area (Å²) in [6.45, 7) is 9.87. The van der Waals surface area contributed by atoms with Crippen molar-refractivity contribution in [1.82, 2.24) is 14.5 Å². The Morgan fingerprint density at radius 2 is 1.93 bits per heavy atom. The first-order chi connectivity index (χ1) is 12.9. The Balaban J connectivity index is 1.53. The molecule has 2 aromatic rings. The van der Waals surface area contributed by atoms with Gasteiger partial charge in [0.05, 0.1) is 11.0 Å². The fraction of sp³-hybridized carbons (Fsp3) is 0.619. The molecular weight excluding hydrogens is 340 g/mol. The maximum absolute atomic E-state index is 12.4. The van der Waals surface area contributed by atoms with E-state index in [4.69, 9.17) is 9.72 Å². The van der Waals surface area contributed by atoms with E-state index in [-0.39, 0.29) is 6.09 Å². The van der Waals surface area contributed by atoms with Gasteiger partial charge in [0.2, 0.25) is 5.95 Å². The highest BCUT2D eigenvalue weighted by atomic mass is 16.6. The summed E-state index contributed by atoms with van der Waals surface area (Å²) in [4.78, 5) is 21.6. The van der Waals surface area contributed by atoms with Gasteiger partial charge in [0.25, 0.3) is 0 Å². The van der Waals surface area contributed by atoms with Crippen molar-refractivity contribution in [3.63, 3.8) is 0 Å². The summed E-state index contributed by atoms with van der Waals surface area (Å²) in [5.41, 5.74) is 1.82. The highest BCUT2D eigenvalue weighted by Gasteiger charge is 2.28. The molecule has 0 spiro atoms. The maximum atomic E-state index is 12.4. The number of nitrogens with zero attached hydrogens (tertiary/aromatic N) is 4. The second kappa shape index (κ2) is 7.06. The van der Waals surface area contributed by atoms with Crippen LogP contribution in [0.3, 0.4) is 0 Å². The van der Waals surface area contributed by atoms with Gasteiger partial charge in [-0.05, 0) is 58.1 Å². The number of anilines is 1. The van der Waals surface area contributed by atoms with Crippen LogP contribution in [-0.2, 0) is 11.3 Å². The van der Waals surface area contributed by atoms with Gasteiger partial charge in [-0.25, -0.2) is 9.78 Å². The Bertz CT molecular complexity index is 819. The van der Waals surface area contributed by atoms with Crippen LogP contribution in [0.15, 0.2) is 24.3 Å². The number of benzene rings is 1. The zero-order chi connectivity index (χ0) is 19.0. The van der Waals surface area contributed by atoms with Gasteiger partial charge >= 0.3 is 6.09 Å². The van der Waals surface area contributed by atoms with Gasteiger partial charge in [-0.3, -0.25) is 0 Å². The van der Waals surface area contributed by atoms with E-state index in [2.05, 4.69) is 27.7 Å². The number of carbonyl (C=O) groups is 1. The summed E-state index contributed by atoms with van der Waals surface area (Å²) < 4.78 is 7.94. The lowest BCUT2D eigenvalue weighted by atomic mass is 10.2. The minimum atomic E-state index is -0.457. The normalized spacial score (nSPS) is 18.6. The van der Waals surface area contributed by atoms with E-state index in [1.807, 2.05) is 31.7 Å². The molecule has 146 valence electrons. The lowest BCUT2D eigenvalue weighted by molar-refractivity contribution is 0.0263. The topological polar surface area (TPSA) is 50.6 Å². The van der Waals surface area contributed by atoms with Crippen molar-refractivity contribution in [2.24, 2.45) is 5.92 Å². The summed E-state index contributed by atoms with van der Waals surface area (Å²) in [6, 6.07) is 8.39. The summed E-state index contributed by atoms with van der Waals surface area (Å²) in [5, 5.41) is 0. The van der Waals surface area contributed by atoms with Crippen LogP contribution in [0.2, 0.25) is 0 Å². The van der Waals surface area contributed by atoms with Crippen molar-refractivity contribution < 1.29 is 9.53 Å². The Morgan fingerprint density at radius 3 is 2.67 bits per heavy atom. The molecule has 4 rings (SSSR count). The van der Waals surface area contributed by atoms with Gasteiger partial charge in [-0.2, -0.15) is 0 Å². The summed E-state index contributed by atoms with van der Waals surface area (Å²) in [5.74, 6) is 1.83. The predicted octanol–water partition coefficient (Wildman–Crippen LogP) is 3.89. The van der Waals surface area contributed by atoms with Crippen LogP contribution in [0.25, 0.3) is 11.0 Å². The Labute approximate surface area is 161 Å². The number of carbonyl (C=O) groups excluding carboxylic acids is 1. The fourth-order valence-electron chi connectivity index (χ4n) is 3.67. The molecule has 6 nitrogen and oxygen atoms in total. The van der Waals surface area contributed by atoms with E-state index in [1.165, 1.54) is 18.4 Å². The van der Waals surface area contributed by atoms with E-state index in [1.54, 1.807) is 0 Å². The van der Waals surface area contributed by atoms with Crippen LogP contribution in [-0.4, -0.2) is 52.3 Å². The largest absolute Gasteiger partial charge is 0.444 e. The highest BCUT2D eigenvalue weighted by molar-refractivity contribution is 5.79. The zero-order valence-electron chi connectivity index (χ0n) is 16.6. The first-order valence-corrected chi connectivity index (χ1v) is 10.1. The monoisotopic (exact) mass is 370 g/mol. The van der Waals surface area contributed by atoms with Crippen LogP contribution in [0.1, 0.15) is 40.0 Å². The highest BCUT2D eigenvalue weighted by Crippen LogP contribution is 2.34. The van der Waals surface area contributed by atoms with Crippen LogP contribution >= 0.6 is 0 Å².